The van der Waals surface area contributed by atoms with Crippen LogP contribution in [0.3, 0.4) is 0 Å². The van der Waals surface area contributed by atoms with Crippen molar-refractivity contribution in [2.24, 2.45) is 5.92 Å². The number of hydrogen-bond acceptors (Lipinski definition) is 6. The van der Waals surface area contributed by atoms with Crippen LogP contribution in [0.5, 0.6) is 0 Å². The Morgan fingerprint density at radius 3 is 2.46 bits per heavy atom. The molecule has 0 amide bonds. The summed E-state index contributed by atoms with van der Waals surface area (Å²) in [6.07, 6.45) is -5.89. The van der Waals surface area contributed by atoms with Crippen LogP contribution in [0.2, 0.25) is 0 Å². The normalized spacial score (nSPS) is 44.8. The third-order valence-electron chi connectivity index (χ3n) is 5.31. The van der Waals surface area contributed by atoms with Crippen molar-refractivity contribution in [3.05, 3.63) is 0 Å². The fourth-order valence-corrected chi connectivity index (χ4v) is 3.90. The van der Waals surface area contributed by atoms with Crippen LogP contribution in [-0.2, 0) is 28.5 Å². The van der Waals surface area contributed by atoms with E-state index in [0.717, 1.165) is 0 Å². The summed E-state index contributed by atoms with van der Waals surface area (Å²) < 4.78 is 61.8. The number of Topliss-reactive ketones (excluding diaryl/α,β-unsaturated/α-hetero) is 1. The molecule has 1 spiro atoms. The predicted molar refractivity (Wildman–Crippen MR) is 73.3 cm³/mol. The van der Waals surface area contributed by atoms with Gasteiger partial charge in [0.1, 0.15) is 17.8 Å². The molecule has 3 fully saturated rings. The average molecular weight is 354 g/mol. The lowest BCUT2D eigenvalue weighted by atomic mass is 9.70. The highest BCUT2D eigenvalue weighted by atomic mass is 19.4. The van der Waals surface area contributed by atoms with Crippen molar-refractivity contribution in [2.75, 3.05) is 27.4 Å². The van der Waals surface area contributed by atoms with E-state index in [1.165, 1.54) is 14.2 Å². The van der Waals surface area contributed by atoms with E-state index in [9.17, 15) is 18.0 Å². The fourth-order valence-electron chi connectivity index (χ4n) is 3.90. The van der Waals surface area contributed by atoms with Gasteiger partial charge in [-0.2, -0.15) is 0 Å². The van der Waals surface area contributed by atoms with Gasteiger partial charge in [-0.05, 0) is 13.3 Å². The monoisotopic (exact) mass is 354 g/mol. The van der Waals surface area contributed by atoms with Gasteiger partial charge < -0.3 is 18.9 Å². The van der Waals surface area contributed by atoms with E-state index in [1.807, 2.05) is 0 Å². The first kappa shape index (κ1) is 18.1. The summed E-state index contributed by atoms with van der Waals surface area (Å²) in [5.74, 6) is -0.518. The zero-order valence-electron chi connectivity index (χ0n) is 13.7. The first-order valence-electron chi connectivity index (χ1n) is 7.78. The molecule has 0 N–H and O–H groups in total. The number of epoxide rings is 2. The van der Waals surface area contributed by atoms with E-state index < -0.39 is 42.5 Å². The number of ketones is 1. The van der Waals surface area contributed by atoms with Crippen LogP contribution in [0.25, 0.3) is 0 Å². The Morgan fingerprint density at radius 2 is 1.96 bits per heavy atom. The molecule has 1 saturated carbocycles. The van der Waals surface area contributed by atoms with Gasteiger partial charge in [0.2, 0.25) is 0 Å². The van der Waals surface area contributed by atoms with Crippen molar-refractivity contribution in [1.29, 1.82) is 0 Å². The minimum Gasteiger partial charge on any atom is -0.373 e. The van der Waals surface area contributed by atoms with Gasteiger partial charge in [0.15, 0.2) is 5.78 Å². The Bertz CT molecular complexity index is 506. The molecule has 0 aromatic carbocycles. The molecular weight excluding hydrogens is 333 g/mol. The predicted octanol–water partition coefficient (Wildman–Crippen LogP) is 1.46. The minimum atomic E-state index is -4.65. The molecule has 3 aliphatic rings. The molecule has 2 heterocycles. The Hall–Kier alpha value is -0.740. The summed E-state index contributed by atoms with van der Waals surface area (Å²) in [4.78, 5) is 12.6. The fraction of sp³-hybridized carbons (Fsp3) is 0.933. The summed E-state index contributed by atoms with van der Waals surface area (Å²) in [6.45, 7) is 1.73. The van der Waals surface area contributed by atoms with Crippen LogP contribution in [0.4, 0.5) is 13.2 Å². The van der Waals surface area contributed by atoms with Gasteiger partial charge in [-0.25, -0.2) is 0 Å². The molecule has 6 nitrogen and oxygen atoms in total. The highest BCUT2D eigenvalue weighted by molar-refractivity contribution is 5.90. The minimum absolute atomic E-state index is 0.0959. The van der Waals surface area contributed by atoms with Crippen molar-refractivity contribution in [3.63, 3.8) is 0 Å². The maximum atomic E-state index is 12.6. The van der Waals surface area contributed by atoms with Crippen LogP contribution in [0.1, 0.15) is 19.8 Å². The maximum absolute atomic E-state index is 12.6. The van der Waals surface area contributed by atoms with Crippen LogP contribution in [-0.4, -0.2) is 69.1 Å². The Balaban J connectivity index is 1.66. The smallest absolute Gasteiger partial charge is 0.373 e. The van der Waals surface area contributed by atoms with Gasteiger partial charge in [0.25, 0.3) is 0 Å². The number of carbonyl (C=O) groups is 1. The van der Waals surface area contributed by atoms with Crippen LogP contribution in [0.15, 0.2) is 0 Å². The van der Waals surface area contributed by atoms with Crippen LogP contribution in [0, 0.1) is 5.92 Å². The van der Waals surface area contributed by atoms with Gasteiger partial charge in [0, 0.05) is 26.6 Å². The zero-order valence-corrected chi connectivity index (χ0v) is 13.7. The summed E-state index contributed by atoms with van der Waals surface area (Å²) >= 11 is 0. The number of ether oxygens (including phenoxy) is 5. The Labute approximate surface area is 137 Å². The van der Waals surface area contributed by atoms with Gasteiger partial charge in [-0.1, -0.05) is 0 Å². The molecule has 0 aromatic rings. The number of halogens is 3. The third-order valence-corrected chi connectivity index (χ3v) is 5.31. The molecule has 9 heteroatoms. The van der Waals surface area contributed by atoms with E-state index in [2.05, 4.69) is 4.74 Å². The van der Waals surface area contributed by atoms with E-state index in [0.29, 0.717) is 13.0 Å². The summed E-state index contributed by atoms with van der Waals surface area (Å²) in [7, 11) is 2.88. The molecule has 1 unspecified atom stereocenters. The SMILES string of the molecule is CO[C@@H]1C(=O)[C@@H](OC)[C@]2(CO2)C[C@H]1C1(C)O[C@@H]1CCOC(F)(F)F. The molecule has 0 radical (unpaired) electrons. The zero-order chi connectivity index (χ0) is 17.8. The van der Waals surface area contributed by atoms with Crippen molar-refractivity contribution in [3.8, 4) is 0 Å². The van der Waals surface area contributed by atoms with Crippen molar-refractivity contribution in [2.45, 2.75) is 55.6 Å². The summed E-state index contributed by atoms with van der Waals surface area (Å²) in [6, 6.07) is 0. The molecule has 2 aliphatic heterocycles. The van der Waals surface area contributed by atoms with E-state index >= 15 is 0 Å². The molecule has 0 bridgehead atoms. The molecule has 2 saturated heterocycles. The first-order valence-corrected chi connectivity index (χ1v) is 7.78. The molecule has 24 heavy (non-hydrogen) atoms. The van der Waals surface area contributed by atoms with Crippen LogP contribution >= 0.6 is 0 Å². The molecule has 6 atom stereocenters. The molecule has 1 aliphatic carbocycles. The lowest BCUT2D eigenvalue weighted by Gasteiger charge is -2.39. The number of carbonyl (C=O) groups excluding carboxylic acids is 1. The molecule has 0 aromatic heterocycles. The van der Waals surface area contributed by atoms with Crippen LogP contribution < -0.4 is 0 Å². The lowest BCUT2D eigenvalue weighted by molar-refractivity contribution is -0.324. The van der Waals surface area contributed by atoms with E-state index in [4.69, 9.17) is 18.9 Å². The Kier molecular flexibility index (Phi) is 4.45. The second kappa shape index (κ2) is 5.91. The first-order chi connectivity index (χ1) is 11.2. The van der Waals surface area contributed by atoms with Crippen molar-refractivity contribution < 1.29 is 41.7 Å². The number of rotatable bonds is 6. The quantitative estimate of drug-likeness (QED) is 0.673. The number of alkyl halides is 3. The van der Waals surface area contributed by atoms with Gasteiger partial charge >= 0.3 is 6.36 Å². The largest absolute Gasteiger partial charge is 0.522 e. The lowest BCUT2D eigenvalue weighted by Crippen LogP contribution is -2.57. The van der Waals surface area contributed by atoms with E-state index in [-0.39, 0.29) is 18.1 Å². The Morgan fingerprint density at radius 1 is 1.29 bits per heavy atom. The summed E-state index contributed by atoms with van der Waals surface area (Å²) in [5.41, 5.74) is -1.39. The highest BCUT2D eigenvalue weighted by Gasteiger charge is 2.69. The second-order valence-electron chi connectivity index (χ2n) is 6.71. The highest BCUT2D eigenvalue weighted by Crippen LogP contribution is 2.55. The average Bonchev–Trinajstić information content (AvgIpc) is 3.37. The molecular formula is C15H21F3O6. The third kappa shape index (κ3) is 3.08. The number of methoxy groups -OCH3 is 2. The van der Waals surface area contributed by atoms with Gasteiger partial charge in [-0.15, -0.1) is 13.2 Å². The second-order valence-corrected chi connectivity index (χ2v) is 6.71. The van der Waals surface area contributed by atoms with Crippen molar-refractivity contribution in [1.82, 2.24) is 0 Å². The number of hydrogen-bond donors (Lipinski definition) is 0. The molecule has 3 rings (SSSR count). The summed E-state index contributed by atoms with van der Waals surface area (Å²) in [5, 5.41) is 0. The standard InChI is InChI=1S/C15H21F3O6/c1-13(9(24-13)4-5-22-15(16,17)18)8-6-14(7-23-14)12(21-3)10(19)11(8)20-2/h8-9,11-12H,4-7H2,1-3H3/t8-,9-,11+,12-,13?,14-/m1/s1. The molecule has 138 valence electrons. The van der Waals surface area contributed by atoms with E-state index in [1.54, 1.807) is 6.92 Å². The van der Waals surface area contributed by atoms with Gasteiger partial charge in [0.05, 0.1) is 24.9 Å². The maximum Gasteiger partial charge on any atom is 0.522 e. The topological polar surface area (TPSA) is 69.8 Å². The van der Waals surface area contributed by atoms with Gasteiger partial charge in [-0.3, -0.25) is 9.53 Å². The van der Waals surface area contributed by atoms with Crippen molar-refractivity contribution >= 4 is 5.78 Å².